The average Bonchev–Trinajstić information content (AvgIpc) is 2.64. The number of hydrogen-bond donors (Lipinski definition) is 2. The Morgan fingerprint density at radius 3 is 2.00 bits per heavy atom. The van der Waals surface area contributed by atoms with E-state index in [0.717, 1.165) is 24.1 Å². The van der Waals surface area contributed by atoms with Crippen LogP contribution in [-0.4, -0.2) is 24.2 Å². The molecule has 1 aliphatic heterocycles. The van der Waals surface area contributed by atoms with Gasteiger partial charge in [-0.25, -0.2) is 0 Å². The highest BCUT2D eigenvalue weighted by Crippen LogP contribution is 2.29. The summed E-state index contributed by atoms with van der Waals surface area (Å²) >= 11 is 0. The van der Waals surface area contributed by atoms with Crippen molar-refractivity contribution in [2.75, 3.05) is 13.6 Å². The Balaban J connectivity index is 2.06. The summed E-state index contributed by atoms with van der Waals surface area (Å²) in [4.78, 5) is 1.43. The number of piperidine rings is 1. The van der Waals surface area contributed by atoms with Crippen LogP contribution in [0.1, 0.15) is 37.3 Å². The third kappa shape index (κ3) is 3.24. The number of quaternary nitrogens is 1. The molecule has 1 aliphatic rings. The van der Waals surface area contributed by atoms with Gasteiger partial charge in [0.2, 0.25) is 0 Å². The van der Waals surface area contributed by atoms with Gasteiger partial charge in [0, 0.05) is 24.5 Å². The third-order valence-corrected chi connectivity index (χ3v) is 5.32. The Bertz CT molecular complexity index is 689. The van der Waals surface area contributed by atoms with E-state index in [1.807, 2.05) is 60.7 Å². The van der Waals surface area contributed by atoms with Crippen LogP contribution in [-0.2, 0) is 5.60 Å². The summed E-state index contributed by atoms with van der Waals surface area (Å²) in [7, 11) is 2.21. The summed E-state index contributed by atoms with van der Waals surface area (Å²) < 4.78 is 0. The molecule has 2 N–H and O–H groups in total. The minimum Gasteiger partial charge on any atom is -0.369 e. The maximum Gasteiger partial charge on any atom is 0.177 e. The number of likely N-dealkylation sites (tertiary alicyclic amines) is 1. The first-order chi connectivity index (χ1) is 11.5. The van der Waals surface area contributed by atoms with Crippen LogP contribution in [0.5, 0.6) is 0 Å². The molecule has 2 nitrogen and oxygen atoms in total. The van der Waals surface area contributed by atoms with E-state index in [-0.39, 0.29) is 5.54 Å². The zero-order valence-electron chi connectivity index (χ0n) is 14.5. The molecule has 0 aromatic heterocycles. The van der Waals surface area contributed by atoms with Crippen LogP contribution in [0.25, 0.3) is 0 Å². The lowest BCUT2D eigenvalue weighted by molar-refractivity contribution is -0.928. The highest BCUT2D eigenvalue weighted by molar-refractivity contribution is 5.45. The van der Waals surface area contributed by atoms with Crippen LogP contribution in [0.2, 0.25) is 0 Å². The predicted molar refractivity (Wildman–Crippen MR) is 97.7 cm³/mol. The lowest BCUT2D eigenvalue weighted by atomic mass is 9.84. The predicted octanol–water partition coefficient (Wildman–Crippen LogP) is 2.38. The van der Waals surface area contributed by atoms with Crippen molar-refractivity contribution in [1.29, 1.82) is 0 Å². The molecule has 0 saturated carbocycles. The molecule has 0 bridgehead atoms. The molecule has 124 valence electrons. The summed E-state index contributed by atoms with van der Waals surface area (Å²) in [5.41, 5.74) is 0.264. The first-order valence-corrected chi connectivity index (χ1v) is 8.75. The molecule has 0 radical (unpaired) electrons. The Kier molecular flexibility index (Phi) is 4.76. The molecule has 0 spiro atoms. The van der Waals surface area contributed by atoms with Crippen molar-refractivity contribution >= 4 is 0 Å². The lowest BCUT2D eigenvalue weighted by Gasteiger charge is -2.35. The van der Waals surface area contributed by atoms with E-state index in [4.69, 9.17) is 0 Å². The second-order valence-corrected chi connectivity index (χ2v) is 7.01. The third-order valence-electron chi connectivity index (χ3n) is 5.32. The van der Waals surface area contributed by atoms with Gasteiger partial charge < -0.3 is 10.0 Å². The van der Waals surface area contributed by atoms with Crippen molar-refractivity contribution < 1.29 is 10.0 Å². The Morgan fingerprint density at radius 2 is 1.50 bits per heavy atom. The van der Waals surface area contributed by atoms with Gasteiger partial charge in [-0.05, 0) is 18.8 Å². The highest BCUT2D eigenvalue weighted by atomic mass is 16.3. The van der Waals surface area contributed by atoms with Crippen molar-refractivity contribution in [1.82, 2.24) is 0 Å². The zero-order chi connectivity index (χ0) is 17.0. The van der Waals surface area contributed by atoms with Crippen LogP contribution in [0.3, 0.4) is 0 Å². The maximum atomic E-state index is 11.5. The van der Waals surface area contributed by atoms with Crippen LogP contribution < -0.4 is 4.90 Å². The molecule has 2 aromatic carbocycles. The fourth-order valence-electron chi connectivity index (χ4n) is 3.43. The molecule has 1 saturated heterocycles. The zero-order valence-corrected chi connectivity index (χ0v) is 14.5. The van der Waals surface area contributed by atoms with Crippen molar-refractivity contribution in [3.8, 4) is 11.8 Å². The lowest BCUT2D eigenvalue weighted by Crippen LogP contribution is -3.18. The number of hydrogen-bond acceptors (Lipinski definition) is 1. The molecule has 24 heavy (non-hydrogen) atoms. The van der Waals surface area contributed by atoms with Gasteiger partial charge in [0.1, 0.15) is 0 Å². The molecule has 2 aromatic rings. The topological polar surface area (TPSA) is 24.7 Å². The van der Waals surface area contributed by atoms with Gasteiger partial charge in [-0.15, -0.1) is 0 Å². The molecule has 0 aliphatic carbocycles. The van der Waals surface area contributed by atoms with E-state index >= 15 is 0 Å². The molecule has 2 atom stereocenters. The van der Waals surface area contributed by atoms with Gasteiger partial charge in [0.15, 0.2) is 11.1 Å². The number of nitrogens with one attached hydrogen (secondary N) is 1. The average molecular weight is 320 g/mol. The highest BCUT2D eigenvalue weighted by Gasteiger charge is 2.36. The number of benzene rings is 2. The van der Waals surface area contributed by atoms with Crippen LogP contribution in [0.4, 0.5) is 0 Å². The van der Waals surface area contributed by atoms with Crippen molar-refractivity contribution in [3.63, 3.8) is 0 Å². The molecule has 3 rings (SSSR count). The largest absolute Gasteiger partial charge is 0.369 e. The first-order valence-electron chi connectivity index (χ1n) is 8.75. The Labute approximate surface area is 145 Å². The second-order valence-electron chi connectivity index (χ2n) is 7.01. The van der Waals surface area contributed by atoms with E-state index in [1.165, 1.54) is 17.7 Å². The molecule has 0 amide bonds. The van der Waals surface area contributed by atoms with Gasteiger partial charge in [0.05, 0.1) is 13.6 Å². The Hall–Kier alpha value is -2.08. The SMILES string of the molecule is C[NH+]1CCCCC1(C)C#CC(O)(c1ccccc1)c1ccccc1. The summed E-state index contributed by atoms with van der Waals surface area (Å²) in [6, 6.07) is 19.5. The molecular weight excluding hydrogens is 294 g/mol. The minimum absolute atomic E-state index is 0.101. The smallest absolute Gasteiger partial charge is 0.177 e. The first kappa shape index (κ1) is 16.8. The molecule has 1 heterocycles. The van der Waals surface area contributed by atoms with E-state index in [0.29, 0.717) is 0 Å². The summed E-state index contributed by atoms with van der Waals surface area (Å²) in [6.07, 6.45) is 3.54. The molecule has 2 unspecified atom stereocenters. The van der Waals surface area contributed by atoms with E-state index in [2.05, 4.69) is 25.8 Å². The normalized spacial score (nSPS) is 24.0. The monoisotopic (exact) mass is 320 g/mol. The minimum atomic E-state index is -1.27. The fraction of sp³-hybridized carbons (Fsp3) is 0.364. The van der Waals surface area contributed by atoms with Crippen LogP contribution in [0.15, 0.2) is 60.7 Å². The van der Waals surface area contributed by atoms with Crippen LogP contribution >= 0.6 is 0 Å². The quantitative estimate of drug-likeness (QED) is 0.816. The number of aliphatic hydroxyl groups is 1. The van der Waals surface area contributed by atoms with Gasteiger partial charge in [-0.3, -0.25) is 0 Å². The van der Waals surface area contributed by atoms with Gasteiger partial charge in [0.25, 0.3) is 0 Å². The van der Waals surface area contributed by atoms with E-state index in [1.54, 1.807) is 0 Å². The molecular formula is C22H26NO+. The van der Waals surface area contributed by atoms with Gasteiger partial charge >= 0.3 is 0 Å². The fourth-order valence-corrected chi connectivity index (χ4v) is 3.43. The summed E-state index contributed by atoms with van der Waals surface area (Å²) in [5, 5.41) is 11.5. The molecule has 2 heteroatoms. The summed E-state index contributed by atoms with van der Waals surface area (Å²) in [6.45, 7) is 3.35. The van der Waals surface area contributed by atoms with Gasteiger partial charge in [-0.2, -0.15) is 0 Å². The van der Waals surface area contributed by atoms with Crippen LogP contribution in [0, 0.1) is 11.8 Å². The van der Waals surface area contributed by atoms with E-state index < -0.39 is 5.60 Å². The van der Waals surface area contributed by atoms with Crippen molar-refractivity contribution in [3.05, 3.63) is 71.8 Å². The summed E-state index contributed by atoms with van der Waals surface area (Å²) in [5.74, 6) is 6.70. The van der Waals surface area contributed by atoms with Gasteiger partial charge in [-0.1, -0.05) is 66.6 Å². The maximum absolute atomic E-state index is 11.5. The van der Waals surface area contributed by atoms with Crippen molar-refractivity contribution in [2.24, 2.45) is 0 Å². The molecule has 1 fully saturated rings. The van der Waals surface area contributed by atoms with E-state index in [9.17, 15) is 5.11 Å². The standard InChI is InChI=1S/C22H25NO/c1-21(15-9-10-18-23(21)2)16-17-22(24,19-11-5-3-6-12-19)20-13-7-4-8-14-20/h3-8,11-14,24H,9-10,15,18H2,1-2H3/p+1. The Morgan fingerprint density at radius 1 is 0.958 bits per heavy atom. The number of rotatable bonds is 2. The second kappa shape index (κ2) is 6.81. The van der Waals surface area contributed by atoms with Crippen molar-refractivity contribution in [2.45, 2.75) is 37.3 Å².